The summed E-state index contributed by atoms with van der Waals surface area (Å²) in [6, 6.07) is 3.95. The molecule has 8 nitrogen and oxygen atoms in total. The Morgan fingerprint density at radius 1 is 1.28 bits per heavy atom. The van der Waals surface area contributed by atoms with Crippen molar-refractivity contribution < 1.29 is 23.5 Å². The number of nitrogens with one attached hydrogen (secondary N) is 3. The summed E-state index contributed by atoms with van der Waals surface area (Å²) in [5, 5.41) is 8.69. The Bertz CT molecular complexity index is 1040. The number of benzene rings is 1. The molecule has 0 spiro atoms. The maximum absolute atomic E-state index is 13.5. The predicted molar refractivity (Wildman–Crippen MR) is 115 cm³/mol. The van der Waals surface area contributed by atoms with E-state index in [1.54, 1.807) is 12.2 Å². The molecule has 0 aromatic heterocycles. The van der Waals surface area contributed by atoms with E-state index >= 15 is 0 Å². The molecule has 0 radical (unpaired) electrons. The van der Waals surface area contributed by atoms with Crippen molar-refractivity contribution in [2.75, 3.05) is 13.2 Å². The van der Waals surface area contributed by atoms with E-state index < -0.39 is 28.2 Å². The second-order valence-corrected chi connectivity index (χ2v) is 9.02. The molecular weight excluding hydrogens is 439 g/mol. The highest BCUT2D eigenvalue weighted by Crippen LogP contribution is 2.72. The number of ether oxygens (including phenoxy) is 1. The highest BCUT2D eigenvalue weighted by molar-refractivity contribution is 6.30. The molecule has 1 atom stereocenters. The fourth-order valence-corrected chi connectivity index (χ4v) is 5.15. The van der Waals surface area contributed by atoms with Gasteiger partial charge in [0.05, 0.1) is 10.6 Å². The van der Waals surface area contributed by atoms with Gasteiger partial charge in [-0.3, -0.25) is 14.4 Å². The van der Waals surface area contributed by atoms with Gasteiger partial charge in [0, 0.05) is 29.8 Å². The lowest BCUT2D eigenvalue weighted by Gasteiger charge is -2.75. The predicted octanol–water partition coefficient (Wildman–Crippen LogP) is 1.30. The molecule has 1 aromatic carbocycles. The average Bonchev–Trinajstić information content (AvgIpc) is 2.70. The number of hydrogen-bond donors (Lipinski definition) is 4. The minimum absolute atomic E-state index is 0.0253. The first-order valence-corrected chi connectivity index (χ1v) is 10.7. The van der Waals surface area contributed by atoms with Crippen molar-refractivity contribution in [3.05, 3.63) is 53.0 Å². The maximum atomic E-state index is 13.5. The maximum Gasteiger partial charge on any atom is 0.258 e. The van der Waals surface area contributed by atoms with Gasteiger partial charge in [0.2, 0.25) is 5.91 Å². The van der Waals surface area contributed by atoms with E-state index in [0.717, 1.165) is 6.07 Å². The van der Waals surface area contributed by atoms with Gasteiger partial charge in [-0.1, -0.05) is 11.6 Å². The zero-order valence-electron chi connectivity index (χ0n) is 17.5. The average molecular weight is 463 g/mol. The van der Waals surface area contributed by atoms with Crippen LogP contribution in [0.15, 0.2) is 42.1 Å². The highest BCUT2D eigenvalue weighted by atomic mass is 35.5. The molecule has 3 saturated carbocycles. The molecule has 1 aromatic rings. The topological polar surface area (TPSA) is 123 Å². The highest BCUT2D eigenvalue weighted by Gasteiger charge is 2.77. The summed E-state index contributed by atoms with van der Waals surface area (Å²) in [7, 11) is 0. The van der Waals surface area contributed by atoms with Gasteiger partial charge in [0.1, 0.15) is 17.1 Å². The third-order valence-electron chi connectivity index (χ3n) is 6.49. The number of halogens is 2. The fourth-order valence-electron chi connectivity index (χ4n) is 5.04. The monoisotopic (exact) mass is 462 g/mol. The van der Waals surface area contributed by atoms with Crippen molar-refractivity contribution in [2.45, 2.75) is 37.3 Å². The van der Waals surface area contributed by atoms with Crippen LogP contribution in [0.25, 0.3) is 0 Å². The summed E-state index contributed by atoms with van der Waals surface area (Å²) in [4.78, 5) is 36.8. The summed E-state index contributed by atoms with van der Waals surface area (Å²) in [5.41, 5.74) is 4.18. The van der Waals surface area contributed by atoms with Gasteiger partial charge >= 0.3 is 0 Å². The van der Waals surface area contributed by atoms with Gasteiger partial charge in [-0.2, -0.15) is 0 Å². The Morgan fingerprint density at radius 2 is 2.00 bits per heavy atom. The molecule has 5 rings (SSSR count). The molecule has 3 aliphatic carbocycles. The number of primary amides is 1. The van der Waals surface area contributed by atoms with E-state index in [9.17, 15) is 18.8 Å². The normalized spacial score (nSPS) is 29.5. The van der Waals surface area contributed by atoms with Crippen molar-refractivity contribution in [1.82, 2.24) is 16.0 Å². The molecule has 0 saturated heterocycles. The molecule has 1 unspecified atom stereocenters. The van der Waals surface area contributed by atoms with Crippen LogP contribution in [-0.4, -0.2) is 42.0 Å². The molecule has 32 heavy (non-hydrogen) atoms. The number of carbonyl (C=O) groups excluding carboxylic acids is 3. The number of rotatable bonds is 8. The first-order chi connectivity index (χ1) is 15.1. The van der Waals surface area contributed by atoms with Crippen LogP contribution in [0.3, 0.4) is 0 Å². The van der Waals surface area contributed by atoms with Crippen LogP contribution in [-0.2, 0) is 14.4 Å². The summed E-state index contributed by atoms with van der Waals surface area (Å²) in [6.45, 7) is 2.04. The zero-order chi connectivity index (χ0) is 23.1. The van der Waals surface area contributed by atoms with E-state index in [1.165, 1.54) is 18.3 Å². The number of nitrogens with two attached hydrogens (primary N) is 1. The van der Waals surface area contributed by atoms with Gasteiger partial charge in [-0.05, 0) is 50.5 Å². The van der Waals surface area contributed by atoms with Crippen molar-refractivity contribution in [1.29, 1.82) is 0 Å². The SMILES string of the molecule is CCNC(=O)C1=CNC(C(N)=O)(C23CC(NC(=O)COc4ccc(Cl)c(F)c4)(C2)C3)C=C1. The van der Waals surface area contributed by atoms with Crippen LogP contribution in [0.2, 0.25) is 5.02 Å². The number of likely N-dealkylation sites (N-methyl/N-ethyl adjacent to an activating group) is 1. The van der Waals surface area contributed by atoms with Crippen molar-refractivity contribution >= 4 is 29.3 Å². The van der Waals surface area contributed by atoms with Crippen LogP contribution in [0.1, 0.15) is 26.2 Å². The first kappa shape index (κ1) is 22.1. The number of dihydropyridines is 1. The lowest BCUT2D eigenvalue weighted by atomic mass is 9.33. The smallest absolute Gasteiger partial charge is 0.258 e. The van der Waals surface area contributed by atoms with Crippen LogP contribution in [0, 0.1) is 11.2 Å². The second-order valence-electron chi connectivity index (χ2n) is 8.61. The summed E-state index contributed by atoms with van der Waals surface area (Å²) in [6.07, 6.45) is 6.46. The van der Waals surface area contributed by atoms with Crippen molar-refractivity contribution in [3.8, 4) is 5.75 Å². The van der Waals surface area contributed by atoms with Gasteiger partial charge in [-0.15, -0.1) is 0 Å². The Balaban J connectivity index is 1.34. The van der Waals surface area contributed by atoms with Crippen LogP contribution in [0.4, 0.5) is 4.39 Å². The van der Waals surface area contributed by atoms with Gasteiger partial charge < -0.3 is 26.4 Å². The minimum Gasteiger partial charge on any atom is -0.484 e. The quantitative estimate of drug-likeness (QED) is 0.464. The molecule has 3 amide bonds. The standard InChI is InChI=1S/C22H24ClFN4O4/c1-2-26-18(30)13-5-6-22(19(25)31,27-8-13)20-10-21(11-20,12-20)28-17(29)9-32-14-3-4-15(23)16(24)7-14/h3-8,27H,2,9-12H2,1H3,(H2,25,31)(H,26,30)(H,28,29). The molecule has 3 fully saturated rings. The Hall–Kier alpha value is -3.07. The third-order valence-corrected chi connectivity index (χ3v) is 6.80. The van der Waals surface area contributed by atoms with Crippen LogP contribution >= 0.6 is 11.6 Å². The molecule has 1 aliphatic heterocycles. The Morgan fingerprint density at radius 3 is 2.56 bits per heavy atom. The number of carbonyl (C=O) groups is 3. The van der Waals surface area contributed by atoms with Crippen LogP contribution < -0.4 is 26.4 Å². The van der Waals surface area contributed by atoms with Gasteiger partial charge in [0.15, 0.2) is 6.61 Å². The first-order valence-electron chi connectivity index (χ1n) is 10.3. The molecule has 10 heteroatoms. The molecule has 5 N–H and O–H groups in total. The Kier molecular flexibility index (Phi) is 5.40. The van der Waals surface area contributed by atoms with Gasteiger partial charge in [-0.25, -0.2) is 4.39 Å². The third kappa shape index (κ3) is 3.50. The summed E-state index contributed by atoms with van der Waals surface area (Å²) < 4.78 is 18.8. The molecule has 170 valence electrons. The van der Waals surface area contributed by atoms with E-state index in [2.05, 4.69) is 16.0 Å². The molecule has 1 heterocycles. The van der Waals surface area contributed by atoms with E-state index in [-0.39, 0.29) is 29.2 Å². The van der Waals surface area contributed by atoms with E-state index in [1.807, 2.05) is 6.92 Å². The lowest BCUT2D eigenvalue weighted by Crippen LogP contribution is -2.85. The molecule has 4 aliphatic rings. The number of hydrogen-bond acceptors (Lipinski definition) is 5. The van der Waals surface area contributed by atoms with Gasteiger partial charge in [0.25, 0.3) is 11.8 Å². The summed E-state index contributed by atoms with van der Waals surface area (Å²) >= 11 is 5.63. The van der Waals surface area contributed by atoms with Crippen molar-refractivity contribution in [3.63, 3.8) is 0 Å². The molecular formula is C22H24ClFN4O4. The van der Waals surface area contributed by atoms with E-state index in [4.69, 9.17) is 22.1 Å². The number of amides is 3. The lowest BCUT2D eigenvalue weighted by molar-refractivity contribution is -0.198. The van der Waals surface area contributed by atoms with Crippen LogP contribution in [0.5, 0.6) is 5.75 Å². The second kappa shape index (κ2) is 7.81. The van der Waals surface area contributed by atoms with E-state index in [0.29, 0.717) is 31.4 Å². The minimum atomic E-state index is -1.12. The zero-order valence-corrected chi connectivity index (χ0v) is 18.2. The fraction of sp³-hybridized carbons (Fsp3) is 0.409. The summed E-state index contributed by atoms with van der Waals surface area (Å²) in [5.74, 6) is -1.54. The van der Waals surface area contributed by atoms with Crippen molar-refractivity contribution in [2.24, 2.45) is 11.1 Å². The molecule has 2 bridgehead atoms. The Labute approximate surface area is 189 Å². The largest absolute Gasteiger partial charge is 0.484 e.